The van der Waals surface area contributed by atoms with E-state index in [1.807, 2.05) is 59.2 Å². The van der Waals surface area contributed by atoms with Crippen LogP contribution in [0.4, 0.5) is 14.9 Å². The number of carbonyl (C=O) groups is 2. The molecular formula is C27H30FN6O2+. The fraction of sp³-hybridized carbons (Fsp3) is 0.333. The predicted molar refractivity (Wildman–Crippen MR) is 138 cm³/mol. The maximum Gasteiger partial charge on any atom is 0.333 e. The van der Waals surface area contributed by atoms with Crippen LogP contribution in [0.3, 0.4) is 0 Å². The van der Waals surface area contributed by atoms with Crippen LogP contribution in [0.1, 0.15) is 5.56 Å². The summed E-state index contributed by atoms with van der Waals surface area (Å²) >= 11 is 0. The van der Waals surface area contributed by atoms with Crippen molar-refractivity contribution in [3.63, 3.8) is 0 Å². The van der Waals surface area contributed by atoms with E-state index in [0.29, 0.717) is 18.9 Å². The topological polar surface area (TPSA) is 62.5 Å². The summed E-state index contributed by atoms with van der Waals surface area (Å²) in [5.41, 5.74) is 2.09. The van der Waals surface area contributed by atoms with E-state index in [2.05, 4.69) is 9.80 Å². The zero-order chi connectivity index (χ0) is 25.2. The van der Waals surface area contributed by atoms with Gasteiger partial charge < -0.3 is 4.90 Å². The van der Waals surface area contributed by atoms with E-state index in [9.17, 15) is 14.0 Å². The van der Waals surface area contributed by atoms with Crippen LogP contribution in [-0.4, -0.2) is 102 Å². The maximum atomic E-state index is 13.3. The Morgan fingerprint density at radius 2 is 1.67 bits per heavy atom. The number of benzene rings is 2. The van der Waals surface area contributed by atoms with Gasteiger partial charge in [0.05, 0.1) is 0 Å². The van der Waals surface area contributed by atoms with Gasteiger partial charge >= 0.3 is 11.9 Å². The lowest BCUT2D eigenvalue weighted by Gasteiger charge is -2.35. The average molecular weight is 490 g/mol. The van der Waals surface area contributed by atoms with Gasteiger partial charge in [0.15, 0.2) is 0 Å². The Balaban J connectivity index is 1.35. The van der Waals surface area contributed by atoms with Crippen LogP contribution in [-0.2, 0) is 4.79 Å². The molecule has 3 heterocycles. The van der Waals surface area contributed by atoms with Crippen molar-refractivity contribution in [3.8, 4) is 0 Å². The highest BCUT2D eigenvalue weighted by Gasteiger charge is 2.52. The fourth-order valence-corrected chi connectivity index (χ4v) is 4.87. The summed E-state index contributed by atoms with van der Waals surface area (Å²) < 4.78 is 15.3. The van der Waals surface area contributed by atoms with Gasteiger partial charge in [-0.05, 0) is 40.9 Å². The molecular weight excluding hydrogens is 459 g/mol. The average Bonchev–Trinajstić information content (AvgIpc) is 3.26. The molecule has 0 aromatic heterocycles. The third kappa shape index (κ3) is 4.66. The standard InChI is InChI=1S/C27H30FN6O2/c1-30-25-24(26(35)31(2)27(30)36)34(14-6-9-20-7-4-3-5-8-20)23(29-25)19-32-15-17-33(18-16-32)22-12-10-21(28)11-13-22/h3-13,24H,14-19H2,1-2H3/q+1/b9-6+. The third-order valence-electron chi connectivity index (χ3n) is 6.95. The Bertz CT molecular complexity index is 1230. The van der Waals surface area contributed by atoms with Crippen molar-refractivity contribution >= 4 is 35.4 Å². The highest BCUT2D eigenvalue weighted by Crippen LogP contribution is 2.21. The number of rotatable bonds is 6. The Morgan fingerprint density at radius 3 is 2.36 bits per heavy atom. The number of fused-ring (bicyclic) bond motifs is 1. The Hall–Kier alpha value is -3.85. The van der Waals surface area contributed by atoms with Crippen LogP contribution in [0.25, 0.3) is 6.08 Å². The van der Waals surface area contributed by atoms with E-state index in [-0.39, 0.29) is 17.8 Å². The minimum Gasteiger partial charge on any atom is -0.369 e. The summed E-state index contributed by atoms with van der Waals surface area (Å²) in [6.07, 6.45) is 4.06. The monoisotopic (exact) mass is 489 g/mol. The normalized spacial score (nSPS) is 21.0. The van der Waals surface area contributed by atoms with Crippen molar-refractivity contribution in [2.24, 2.45) is 4.99 Å². The summed E-state index contributed by atoms with van der Waals surface area (Å²) in [6, 6.07) is 15.6. The van der Waals surface area contributed by atoms with Crippen molar-refractivity contribution in [3.05, 3.63) is 72.1 Å². The summed E-state index contributed by atoms with van der Waals surface area (Å²) in [6.45, 7) is 4.33. The molecule has 0 N–H and O–H groups in total. The highest BCUT2D eigenvalue weighted by atomic mass is 19.1. The van der Waals surface area contributed by atoms with Crippen molar-refractivity contribution in [2.45, 2.75) is 6.04 Å². The second-order valence-electron chi connectivity index (χ2n) is 9.23. The molecule has 2 saturated heterocycles. The molecule has 0 spiro atoms. The van der Waals surface area contributed by atoms with Gasteiger partial charge in [-0.15, -0.1) is 0 Å². The Labute approximate surface area is 210 Å². The lowest BCUT2D eigenvalue weighted by atomic mass is 10.1. The number of urea groups is 1. The fourth-order valence-electron chi connectivity index (χ4n) is 4.87. The number of likely N-dealkylation sites (N-methyl/N-ethyl adjacent to an activating group) is 2. The largest absolute Gasteiger partial charge is 0.369 e. The van der Waals surface area contributed by atoms with E-state index in [4.69, 9.17) is 4.99 Å². The summed E-state index contributed by atoms with van der Waals surface area (Å²) in [7, 11) is 3.18. The lowest BCUT2D eigenvalue weighted by molar-refractivity contribution is -0.526. The van der Waals surface area contributed by atoms with E-state index >= 15 is 0 Å². The molecule has 3 aliphatic rings. The highest BCUT2D eigenvalue weighted by molar-refractivity contribution is 6.23. The van der Waals surface area contributed by atoms with E-state index < -0.39 is 6.04 Å². The maximum absolute atomic E-state index is 13.3. The predicted octanol–water partition coefficient (Wildman–Crippen LogP) is 2.38. The van der Waals surface area contributed by atoms with Crippen molar-refractivity contribution in [1.82, 2.24) is 14.7 Å². The van der Waals surface area contributed by atoms with Gasteiger partial charge in [0.25, 0.3) is 17.8 Å². The van der Waals surface area contributed by atoms with Gasteiger partial charge in [-0.25, -0.2) is 13.8 Å². The zero-order valence-corrected chi connectivity index (χ0v) is 20.5. The molecule has 1 unspecified atom stereocenters. The number of amides is 3. The van der Waals surface area contributed by atoms with Crippen LogP contribution in [0.15, 0.2) is 65.7 Å². The second kappa shape index (κ2) is 10.0. The minimum absolute atomic E-state index is 0.236. The summed E-state index contributed by atoms with van der Waals surface area (Å²) in [4.78, 5) is 37.7. The quantitative estimate of drug-likeness (QED) is 0.585. The lowest BCUT2D eigenvalue weighted by Crippen LogP contribution is -2.61. The van der Waals surface area contributed by atoms with Gasteiger partial charge in [0, 0.05) is 46.0 Å². The number of hydrogen-bond donors (Lipinski definition) is 0. The van der Waals surface area contributed by atoms with Gasteiger partial charge in [0.1, 0.15) is 18.9 Å². The molecule has 2 fully saturated rings. The van der Waals surface area contributed by atoms with Crippen LogP contribution in [0.5, 0.6) is 0 Å². The van der Waals surface area contributed by atoms with Crippen molar-refractivity contribution in [2.75, 3.05) is 58.3 Å². The molecule has 186 valence electrons. The first-order valence-corrected chi connectivity index (χ1v) is 12.1. The van der Waals surface area contributed by atoms with E-state index in [1.165, 1.54) is 29.0 Å². The molecule has 0 radical (unpaired) electrons. The number of carbonyl (C=O) groups excluding carboxylic acids is 2. The van der Waals surface area contributed by atoms with E-state index in [1.54, 1.807) is 7.05 Å². The number of halogens is 1. The molecule has 1 atom stereocenters. The Kier molecular flexibility index (Phi) is 6.65. The first kappa shape index (κ1) is 23.9. The zero-order valence-electron chi connectivity index (χ0n) is 20.5. The van der Waals surface area contributed by atoms with Crippen LogP contribution < -0.4 is 4.90 Å². The second-order valence-corrected chi connectivity index (χ2v) is 9.23. The molecule has 0 aliphatic carbocycles. The molecule has 2 aromatic rings. The first-order valence-electron chi connectivity index (χ1n) is 12.1. The smallest absolute Gasteiger partial charge is 0.333 e. The molecule has 2 aromatic carbocycles. The van der Waals surface area contributed by atoms with Crippen LogP contribution >= 0.6 is 0 Å². The van der Waals surface area contributed by atoms with E-state index in [0.717, 1.165) is 43.3 Å². The number of imide groups is 1. The number of hydrogen-bond acceptors (Lipinski definition) is 5. The molecule has 3 aliphatic heterocycles. The summed E-state index contributed by atoms with van der Waals surface area (Å²) in [5, 5.41) is 0. The minimum atomic E-state index is -0.617. The molecule has 5 rings (SSSR count). The van der Waals surface area contributed by atoms with Gasteiger partial charge in [0.2, 0.25) is 0 Å². The molecule has 9 heteroatoms. The molecule has 8 nitrogen and oxygen atoms in total. The summed E-state index contributed by atoms with van der Waals surface area (Å²) in [5.74, 6) is 0.768. The van der Waals surface area contributed by atoms with Crippen LogP contribution in [0.2, 0.25) is 0 Å². The van der Waals surface area contributed by atoms with Gasteiger partial charge in [-0.3, -0.25) is 19.5 Å². The number of anilines is 1. The molecule has 0 saturated carbocycles. The molecule has 36 heavy (non-hydrogen) atoms. The van der Waals surface area contributed by atoms with Crippen LogP contribution in [0, 0.1) is 5.82 Å². The van der Waals surface area contributed by atoms with Crippen molar-refractivity contribution < 1.29 is 18.6 Å². The third-order valence-corrected chi connectivity index (χ3v) is 6.95. The van der Waals surface area contributed by atoms with Gasteiger partial charge in [-0.1, -0.05) is 36.4 Å². The SMILES string of the molecule is CN1C(=O)C2C(=NC(CN3CCN(c4ccc(F)cc4)CC3)=[N+]2C/C=C/c2ccccc2)N(C)C1=O. The first-order chi connectivity index (χ1) is 17.4. The number of amidine groups is 2. The number of piperazine rings is 1. The number of nitrogens with zero attached hydrogens (tertiary/aromatic N) is 6. The molecule has 0 bridgehead atoms. The van der Waals surface area contributed by atoms with Gasteiger partial charge in [-0.2, -0.15) is 0 Å². The number of aliphatic imine (C=N–C) groups is 1. The molecule has 3 amide bonds. The van der Waals surface area contributed by atoms with Crippen molar-refractivity contribution in [1.29, 1.82) is 0 Å². The Morgan fingerprint density at radius 1 is 0.972 bits per heavy atom.